The van der Waals surface area contributed by atoms with E-state index in [4.69, 9.17) is 16.3 Å². The monoisotopic (exact) mass is 446 g/mol. The third-order valence-electron chi connectivity index (χ3n) is 4.99. The minimum absolute atomic E-state index is 0.0180. The third-order valence-corrected chi connectivity index (χ3v) is 5.30. The van der Waals surface area contributed by atoms with Crippen LogP contribution in [0.4, 0.5) is 17.1 Å². The molecule has 0 atom stereocenters. The molecule has 0 radical (unpaired) electrons. The molecule has 10 heteroatoms. The van der Waals surface area contributed by atoms with Gasteiger partial charge in [0, 0.05) is 44.7 Å². The summed E-state index contributed by atoms with van der Waals surface area (Å²) >= 11 is 6.43. The highest BCUT2D eigenvalue weighted by molar-refractivity contribution is 6.34. The van der Waals surface area contributed by atoms with Crippen molar-refractivity contribution >= 4 is 40.5 Å². The fourth-order valence-electron chi connectivity index (χ4n) is 3.46. The summed E-state index contributed by atoms with van der Waals surface area (Å²) in [4.78, 5) is 39.0. The summed E-state index contributed by atoms with van der Waals surface area (Å²) in [6.45, 7) is 5.78. The van der Waals surface area contributed by atoms with Crippen LogP contribution in [0.1, 0.15) is 24.2 Å². The van der Waals surface area contributed by atoms with Gasteiger partial charge in [0.1, 0.15) is 0 Å². The number of para-hydroxylation sites is 1. The second-order valence-electron chi connectivity index (χ2n) is 6.96. The van der Waals surface area contributed by atoms with Crippen LogP contribution in [0.15, 0.2) is 36.4 Å². The van der Waals surface area contributed by atoms with Gasteiger partial charge >= 0.3 is 5.69 Å². The number of nitro benzene ring substituents is 1. The highest BCUT2D eigenvalue weighted by Gasteiger charge is 2.24. The molecule has 2 aromatic rings. The maximum Gasteiger partial charge on any atom is 0.311 e. The SMILES string of the molecule is CCOc1ccc(C(=O)Nc2cccc(Cl)c2N2CCN(C(C)=O)CC2)cc1[N+](=O)[O-]. The van der Waals surface area contributed by atoms with Crippen molar-refractivity contribution in [3.05, 3.63) is 57.1 Å². The van der Waals surface area contributed by atoms with E-state index in [2.05, 4.69) is 5.32 Å². The Labute approximate surface area is 184 Å². The number of nitrogens with zero attached hydrogens (tertiary/aromatic N) is 3. The van der Waals surface area contributed by atoms with Gasteiger partial charge in [-0.1, -0.05) is 17.7 Å². The first-order valence-corrected chi connectivity index (χ1v) is 10.2. The molecule has 164 valence electrons. The van der Waals surface area contributed by atoms with E-state index >= 15 is 0 Å². The summed E-state index contributed by atoms with van der Waals surface area (Å²) in [6, 6.07) is 9.24. The van der Waals surface area contributed by atoms with E-state index in [1.165, 1.54) is 25.1 Å². The maximum atomic E-state index is 12.9. The van der Waals surface area contributed by atoms with Gasteiger partial charge in [0.2, 0.25) is 5.91 Å². The molecule has 0 spiro atoms. The van der Waals surface area contributed by atoms with Gasteiger partial charge in [0.05, 0.1) is 27.9 Å². The molecule has 1 aliphatic heterocycles. The van der Waals surface area contributed by atoms with Gasteiger partial charge in [-0.15, -0.1) is 0 Å². The number of amides is 2. The van der Waals surface area contributed by atoms with Crippen molar-refractivity contribution in [2.75, 3.05) is 43.0 Å². The molecular formula is C21H23ClN4O5. The average Bonchev–Trinajstić information content (AvgIpc) is 2.74. The Morgan fingerprint density at radius 1 is 1.19 bits per heavy atom. The number of hydrogen-bond acceptors (Lipinski definition) is 6. The average molecular weight is 447 g/mol. The second kappa shape index (κ2) is 9.65. The van der Waals surface area contributed by atoms with Crippen molar-refractivity contribution in [1.82, 2.24) is 4.90 Å². The quantitative estimate of drug-likeness (QED) is 0.537. The Morgan fingerprint density at radius 3 is 2.52 bits per heavy atom. The molecule has 0 saturated carbocycles. The maximum absolute atomic E-state index is 12.9. The van der Waals surface area contributed by atoms with Crippen molar-refractivity contribution < 1.29 is 19.2 Å². The molecule has 3 rings (SSSR count). The number of carbonyl (C=O) groups excluding carboxylic acids is 2. The van der Waals surface area contributed by atoms with Crippen LogP contribution in [0, 0.1) is 10.1 Å². The Kier molecular flexibility index (Phi) is 6.96. The van der Waals surface area contributed by atoms with E-state index in [9.17, 15) is 19.7 Å². The molecule has 0 aromatic heterocycles. The van der Waals surface area contributed by atoms with Crippen LogP contribution in [0.2, 0.25) is 5.02 Å². The summed E-state index contributed by atoms with van der Waals surface area (Å²) in [5.41, 5.74) is 0.995. The zero-order valence-corrected chi connectivity index (χ0v) is 18.0. The predicted octanol–water partition coefficient (Wildman–Crippen LogP) is 3.57. The van der Waals surface area contributed by atoms with Crippen LogP contribution in [-0.2, 0) is 4.79 Å². The number of benzene rings is 2. The van der Waals surface area contributed by atoms with Crippen LogP contribution in [0.5, 0.6) is 5.75 Å². The zero-order chi connectivity index (χ0) is 22.5. The molecule has 1 fully saturated rings. The van der Waals surface area contributed by atoms with E-state index in [1.54, 1.807) is 30.0 Å². The largest absolute Gasteiger partial charge is 0.487 e. The van der Waals surface area contributed by atoms with Crippen LogP contribution < -0.4 is 15.0 Å². The molecule has 1 aliphatic rings. The molecule has 0 unspecified atom stereocenters. The van der Waals surface area contributed by atoms with E-state index < -0.39 is 10.8 Å². The fourth-order valence-corrected chi connectivity index (χ4v) is 3.75. The van der Waals surface area contributed by atoms with Crippen LogP contribution in [-0.4, -0.2) is 54.4 Å². The van der Waals surface area contributed by atoms with E-state index in [-0.39, 0.29) is 29.5 Å². The molecule has 2 amide bonds. The summed E-state index contributed by atoms with van der Waals surface area (Å²) < 4.78 is 5.27. The van der Waals surface area contributed by atoms with Crippen LogP contribution >= 0.6 is 11.6 Å². The fraction of sp³-hybridized carbons (Fsp3) is 0.333. The van der Waals surface area contributed by atoms with E-state index in [0.717, 1.165) is 0 Å². The van der Waals surface area contributed by atoms with Crippen molar-refractivity contribution in [3.8, 4) is 5.75 Å². The minimum Gasteiger partial charge on any atom is -0.487 e. The topological polar surface area (TPSA) is 105 Å². The summed E-state index contributed by atoms with van der Waals surface area (Å²) in [5.74, 6) is -0.377. The Balaban J connectivity index is 1.84. The molecule has 2 aromatic carbocycles. The Hall–Kier alpha value is -3.33. The number of carbonyl (C=O) groups is 2. The van der Waals surface area contributed by atoms with Crippen LogP contribution in [0.25, 0.3) is 0 Å². The van der Waals surface area contributed by atoms with Crippen molar-refractivity contribution in [2.24, 2.45) is 0 Å². The highest BCUT2D eigenvalue weighted by atomic mass is 35.5. The van der Waals surface area contributed by atoms with Gasteiger partial charge in [-0.2, -0.15) is 0 Å². The lowest BCUT2D eigenvalue weighted by atomic mass is 10.1. The first-order chi connectivity index (χ1) is 14.8. The lowest BCUT2D eigenvalue weighted by molar-refractivity contribution is -0.385. The number of nitro groups is 1. The number of halogens is 1. The van der Waals surface area contributed by atoms with Crippen molar-refractivity contribution in [1.29, 1.82) is 0 Å². The smallest absolute Gasteiger partial charge is 0.311 e. The molecule has 0 bridgehead atoms. The lowest BCUT2D eigenvalue weighted by Gasteiger charge is -2.37. The molecule has 1 N–H and O–H groups in total. The van der Waals surface area contributed by atoms with Gasteiger partial charge in [-0.25, -0.2) is 0 Å². The van der Waals surface area contributed by atoms with Gasteiger partial charge in [-0.05, 0) is 31.2 Å². The van der Waals surface area contributed by atoms with E-state index in [0.29, 0.717) is 42.6 Å². The predicted molar refractivity (Wildman–Crippen MR) is 118 cm³/mol. The third kappa shape index (κ3) is 5.05. The lowest BCUT2D eigenvalue weighted by Crippen LogP contribution is -2.48. The normalized spacial score (nSPS) is 13.6. The molecule has 0 aliphatic carbocycles. The van der Waals surface area contributed by atoms with Crippen molar-refractivity contribution in [2.45, 2.75) is 13.8 Å². The standard InChI is InChI=1S/C21H23ClN4O5/c1-3-31-19-8-7-15(13-18(19)26(29)30)21(28)23-17-6-4-5-16(22)20(17)25-11-9-24(10-12-25)14(2)27/h4-8,13H,3,9-12H2,1-2H3,(H,23,28). The first-order valence-electron chi connectivity index (χ1n) is 9.83. The molecular weight excluding hydrogens is 424 g/mol. The zero-order valence-electron chi connectivity index (χ0n) is 17.3. The molecule has 9 nitrogen and oxygen atoms in total. The number of rotatable bonds is 6. The second-order valence-corrected chi connectivity index (χ2v) is 7.36. The van der Waals surface area contributed by atoms with Gasteiger partial charge in [-0.3, -0.25) is 19.7 Å². The number of anilines is 2. The molecule has 31 heavy (non-hydrogen) atoms. The first kappa shape index (κ1) is 22.4. The summed E-state index contributed by atoms with van der Waals surface area (Å²) in [5, 5.41) is 14.6. The summed E-state index contributed by atoms with van der Waals surface area (Å²) in [7, 11) is 0. The van der Waals surface area contributed by atoms with E-state index in [1.807, 2.05) is 4.90 Å². The number of ether oxygens (including phenoxy) is 1. The summed E-state index contributed by atoms with van der Waals surface area (Å²) in [6.07, 6.45) is 0. The number of nitrogens with one attached hydrogen (secondary N) is 1. The van der Waals surface area contributed by atoms with Crippen molar-refractivity contribution in [3.63, 3.8) is 0 Å². The number of piperazine rings is 1. The molecule has 1 heterocycles. The van der Waals surface area contributed by atoms with Gasteiger partial charge < -0.3 is 19.9 Å². The number of hydrogen-bond donors (Lipinski definition) is 1. The Bertz CT molecular complexity index is 1010. The molecule has 1 saturated heterocycles. The highest BCUT2D eigenvalue weighted by Crippen LogP contribution is 2.35. The minimum atomic E-state index is -0.582. The van der Waals surface area contributed by atoms with Gasteiger partial charge in [0.25, 0.3) is 5.91 Å². The Morgan fingerprint density at radius 2 is 1.90 bits per heavy atom. The van der Waals surface area contributed by atoms with Crippen LogP contribution in [0.3, 0.4) is 0 Å². The van der Waals surface area contributed by atoms with Gasteiger partial charge in [0.15, 0.2) is 5.75 Å².